The number of methoxy groups -OCH3 is 1. The molecule has 0 radical (unpaired) electrons. The molecular weight excluding hydrogens is 275 g/mol. The summed E-state index contributed by atoms with van der Waals surface area (Å²) in [7, 11) is 1.59. The van der Waals surface area contributed by atoms with E-state index in [2.05, 4.69) is 10.6 Å². The summed E-state index contributed by atoms with van der Waals surface area (Å²) in [5.41, 5.74) is 0.730. The van der Waals surface area contributed by atoms with Crippen molar-refractivity contribution in [1.29, 1.82) is 0 Å². The molecule has 0 unspecified atom stereocenters. The zero-order chi connectivity index (χ0) is 13.4. The van der Waals surface area contributed by atoms with Gasteiger partial charge < -0.3 is 15.4 Å². The molecule has 1 amide bonds. The van der Waals surface area contributed by atoms with Crippen LogP contribution in [0.3, 0.4) is 0 Å². The number of halogens is 2. The highest BCUT2D eigenvalue weighted by Crippen LogP contribution is 2.25. The molecule has 2 N–H and O–H groups in total. The Bertz CT molecular complexity index is 400. The maximum Gasteiger partial charge on any atom is 0.221 e. The maximum atomic E-state index is 11.4. The van der Waals surface area contributed by atoms with E-state index in [9.17, 15) is 4.79 Å². The zero-order valence-corrected chi connectivity index (χ0v) is 11.6. The van der Waals surface area contributed by atoms with Crippen LogP contribution in [0.4, 0.5) is 5.69 Å². The average molecular weight is 291 g/mol. The largest absolute Gasteiger partial charge is 0.383 e. The van der Waals surface area contributed by atoms with Crippen LogP contribution in [0.1, 0.15) is 6.42 Å². The lowest BCUT2D eigenvalue weighted by molar-refractivity contribution is -0.121. The normalized spacial score (nSPS) is 10.2. The van der Waals surface area contributed by atoms with Gasteiger partial charge in [0, 0.05) is 31.6 Å². The number of hydrogen-bond donors (Lipinski definition) is 2. The zero-order valence-electron chi connectivity index (χ0n) is 10.1. The van der Waals surface area contributed by atoms with Gasteiger partial charge >= 0.3 is 0 Å². The highest BCUT2D eigenvalue weighted by atomic mass is 35.5. The van der Waals surface area contributed by atoms with Gasteiger partial charge in [-0.25, -0.2) is 0 Å². The van der Waals surface area contributed by atoms with Crippen molar-refractivity contribution in [3.05, 3.63) is 28.2 Å². The Kier molecular flexibility index (Phi) is 6.86. The van der Waals surface area contributed by atoms with Gasteiger partial charge in [-0.05, 0) is 18.2 Å². The van der Waals surface area contributed by atoms with Gasteiger partial charge in [-0.1, -0.05) is 23.2 Å². The van der Waals surface area contributed by atoms with E-state index in [1.165, 1.54) is 0 Å². The lowest BCUT2D eigenvalue weighted by Crippen LogP contribution is -2.28. The molecule has 0 aliphatic rings. The number of benzene rings is 1. The second-order valence-corrected chi connectivity index (χ2v) is 4.49. The third kappa shape index (κ3) is 5.58. The summed E-state index contributed by atoms with van der Waals surface area (Å²) in [6.07, 6.45) is 0.368. The Morgan fingerprint density at radius 3 is 2.83 bits per heavy atom. The Morgan fingerprint density at radius 2 is 2.11 bits per heavy atom. The van der Waals surface area contributed by atoms with Gasteiger partial charge in [-0.3, -0.25) is 4.79 Å². The minimum atomic E-state index is -0.0299. The predicted molar refractivity (Wildman–Crippen MR) is 74.5 cm³/mol. The number of rotatable bonds is 7. The van der Waals surface area contributed by atoms with Gasteiger partial charge in [0.1, 0.15) is 0 Å². The number of carbonyl (C=O) groups is 1. The van der Waals surface area contributed by atoms with E-state index in [4.69, 9.17) is 27.9 Å². The Morgan fingerprint density at radius 1 is 1.33 bits per heavy atom. The van der Waals surface area contributed by atoms with E-state index < -0.39 is 0 Å². The van der Waals surface area contributed by atoms with E-state index in [-0.39, 0.29) is 5.91 Å². The van der Waals surface area contributed by atoms with Gasteiger partial charge in [-0.15, -0.1) is 0 Å². The number of nitrogens with one attached hydrogen (secondary N) is 2. The Balaban J connectivity index is 2.28. The van der Waals surface area contributed by atoms with E-state index in [1.54, 1.807) is 25.3 Å². The third-order valence-electron chi connectivity index (χ3n) is 2.22. The lowest BCUT2D eigenvalue weighted by Gasteiger charge is -2.09. The summed E-state index contributed by atoms with van der Waals surface area (Å²) in [5.74, 6) is -0.0299. The molecule has 0 bridgehead atoms. The van der Waals surface area contributed by atoms with Crippen LogP contribution in [0.15, 0.2) is 18.2 Å². The molecule has 0 aliphatic heterocycles. The minimum absolute atomic E-state index is 0.0299. The Hall–Kier alpha value is -0.970. The number of hydrogen-bond acceptors (Lipinski definition) is 3. The molecule has 6 heteroatoms. The smallest absolute Gasteiger partial charge is 0.221 e. The number of ether oxygens (including phenoxy) is 1. The van der Waals surface area contributed by atoms with Crippen molar-refractivity contribution in [3.8, 4) is 0 Å². The molecule has 0 atom stereocenters. The van der Waals surface area contributed by atoms with Crippen molar-refractivity contribution in [2.45, 2.75) is 6.42 Å². The first-order chi connectivity index (χ1) is 8.63. The average Bonchev–Trinajstić information content (AvgIpc) is 2.34. The summed E-state index contributed by atoms with van der Waals surface area (Å²) < 4.78 is 4.83. The monoisotopic (exact) mass is 290 g/mol. The summed E-state index contributed by atoms with van der Waals surface area (Å²) in [6, 6.07) is 5.16. The first-order valence-corrected chi connectivity index (χ1v) is 6.33. The van der Waals surface area contributed by atoms with Crippen LogP contribution in [0, 0.1) is 0 Å². The molecule has 1 aromatic rings. The fourth-order valence-corrected chi connectivity index (χ4v) is 1.68. The first-order valence-electron chi connectivity index (χ1n) is 5.58. The second kappa shape index (κ2) is 8.19. The van der Waals surface area contributed by atoms with Crippen molar-refractivity contribution < 1.29 is 9.53 Å². The molecule has 0 saturated heterocycles. The molecule has 0 aromatic heterocycles. The van der Waals surface area contributed by atoms with Crippen molar-refractivity contribution in [2.75, 3.05) is 32.1 Å². The third-order valence-corrected chi connectivity index (χ3v) is 2.79. The fraction of sp³-hybridized carbons (Fsp3) is 0.417. The molecule has 4 nitrogen and oxygen atoms in total. The van der Waals surface area contributed by atoms with Crippen LogP contribution in [-0.2, 0) is 9.53 Å². The Labute approximate surface area is 117 Å². The number of carbonyl (C=O) groups excluding carboxylic acids is 1. The van der Waals surface area contributed by atoms with E-state index >= 15 is 0 Å². The molecule has 0 aliphatic carbocycles. The number of amides is 1. The van der Waals surface area contributed by atoms with Crippen LogP contribution in [-0.4, -0.2) is 32.7 Å². The summed E-state index contributed by atoms with van der Waals surface area (Å²) in [6.45, 7) is 1.53. The van der Waals surface area contributed by atoms with Gasteiger partial charge in [-0.2, -0.15) is 0 Å². The number of anilines is 1. The van der Waals surface area contributed by atoms with Crippen LogP contribution >= 0.6 is 23.2 Å². The lowest BCUT2D eigenvalue weighted by atomic mass is 10.3. The van der Waals surface area contributed by atoms with Gasteiger partial charge in [0.2, 0.25) is 5.91 Å². The molecule has 0 heterocycles. The standard InChI is InChI=1S/C12H16Cl2N2O2/c1-18-7-6-16-12(17)4-5-15-11-8-9(13)2-3-10(11)14/h2-3,8,15H,4-7H2,1H3,(H,16,17). The highest BCUT2D eigenvalue weighted by molar-refractivity contribution is 6.35. The van der Waals surface area contributed by atoms with Crippen molar-refractivity contribution in [2.24, 2.45) is 0 Å². The van der Waals surface area contributed by atoms with Crippen molar-refractivity contribution >= 4 is 34.8 Å². The van der Waals surface area contributed by atoms with Crippen LogP contribution in [0.2, 0.25) is 10.0 Å². The topological polar surface area (TPSA) is 50.4 Å². The summed E-state index contributed by atoms with van der Waals surface area (Å²) >= 11 is 11.8. The van der Waals surface area contributed by atoms with E-state index in [1.807, 2.05) is 0 Å². The molecule has 0 saturated carbocycles. The molecule has 1 aromatic carbocycles. The molecular formula is C12H16Cl2N2O2. The molecule has 0 fully saturated rings. The molecule has 1 rings (SSSR count). The summed E-state index contributed by atoms with van der Waals surface area (Å²) in [4.78, 5) is 11.4. The van der Waals surface area contributed by atoms with Crippen LogP contribution in [0.5, 0.6) is 0 Å². The highest BCUT2D eigenvalue weighted by Gasteiger charge is 2.03. The minimum Gasteiger partial charge on any atom is -0.383 e. The molecule has 18 heavy (non-hydrogen) atoms. The van der Waals surface area contributed by atoms with E-state index in [0.29, 0.717) is 36.2 Å². The summed E-state index contributed by atoms with van der Waals surface area (Å²) in [5, 5.41) is 6.99. The molecule has 100 valence electrons. The van der Waals surface area contributed by atoms with Crippen LogP contribution < -0.4 is 10.6 Å². The quantitative estimate of drug-likeness (QED) is 0.759. The van der Waals surface area contributed by atoms with Gasteiger partial charge in [0.15, 0.2) is 0 Å². The molecule has 0 spiro atoms. The van der Waals surface area contributed by atoms with Gasteiger partial charge in [0.05, 0.1) is 17.3 Å². The fourth-order valence-electron chi connectivity index (χ4n) is 1.32. The SMILES string of the molecule is COCCNC(=O)CCNc1cc(Cl)ccc1Cl. The van der Waals surface area contributed by atoms with Crippen molar-refractivity contribution in [1.82, 2.24) is 5.32 Å². The second-order valence-electron chi connectivity index (χ2n) is 3.64. The predicted octanol–water partition coefficient (Wildman–Crippen LogP) is 2.56. The van der Waals surface area contributed by atoms with Gasteiger partial charge in [0.25, 0.3) is 0 Å². The van der Waals surface area contributed by atoms with E-state index in [0.717, 1.165) is 5.69 Å². The maximum absolute atomic E-state index is 11.4. The van der Waals surface area contributed by atoms with Crippen LogP contribution in [0.25, 0.3) is 0 Å². The van der Waals surface area contributed by atoms with Crippen molar-refractivity contribution in [3.63, 3.8) is 0 Å². The first kappa shape index (κ1) is 15.1.